The molecule has 6 nitrogen and oxygen atoms in total. The number of nitrogens with zero attached hydrogens (tertiary/aromatic N) is 1. The van der Waals surface area contributed by atoms with Crippen LogP contribution in [0.5, 0.6) is 23.0 Å². The first-order valence-electron chi connectivity index (χ1n) is 13.4. The maximum absolute atomic E-state index is 10.2. The standard InChI is InChI=1S/C32H37NO5/c1-21-13-14-33(19-21)22(2)20-37-27-10-7-24(8-11-27)32-31(25-5-4-6-28(17-25)36-16-15-34)23(3)29-18-26(35)9-12-30(29)38-32/h4-12,17-18,21-22,32,34-35H,13-16,19-20H2,1-3H3/t21-,22+,32?/m1/s1. The van der Waals surface area contributed by atoms with E-state index in [1.54, 1.807) is 12.1 Å². The second kappa shape index (κ2) is 11.5. The van der Waals surface area contributed by atoms with Crippen molar-refractivity contribution in [3.05, 3.63) is 83.4 Å². The number of likely N-dealkylation sites (tertiary alicyclic amines) is 1. The Balaban J connectivity index is 1.41. The molecule has 0 bridgehead atoms. The monoisotopic (exact) mass is 515 g/mol. The maximum atomic E-state index is 10.2. The van der Waals surface area contributed by atoms with Gasteiger partial charge in [-0.1, -0.05) is 31.2 Å². The van der Waals surface area contributed by atoms with Crippen molar-refractivity contribution in [1.29, 1.82) is 0 Å². The van der Waals surface area contributed by atoms with Crippen LogP contribution < -0.4 is 14.2 Å². The Hall–Kier alpha value is -3.48. The zero-order valence-electron chi connectivity index (χ0n) is 22.4. The summed E-state index contributed by atoms with van der Waals surface area (Å²) in [6.45, 7) is 9.73. The fourth-order valence-corrected chi connectivity index (χ4v) is 5.39. The van der Waals surface area contributed by atoms with Gasteiger partial charge in [-0.15, -0.1) is 0 Å². The van der Waals surface area contributed by atoms with E-state index in [-0.39, 0.29) is 25.1 Å². The maximum Gasteiger partial charge on any atom is 0.150 e. The van der Waals surface area contributed by atoms with Crippen LogP contribution in [0.3, 0.4) is 0 Å². The van der Waals surface area contributed by atoms with Crippen molar-refractivity contribution in [1.82, 2.24) is 4.90 Å². The molecule has 0 radical (unpaired) electrons. The van der Waals surface area contributed by atoms with Crippen LogP contribution in [-0.4, -0.2) is 54.1 Å². The van der Waals surface area contributed by atoms with Crippen LogP contribution in [0.2, 0.25) is 0 Å². The highest BCUT2D eigenvalue weighted by atomic mass is 16.5. The molecular formula is C32H37NO5. The summed E-state index contributed by atoms with van der Waals surface area (Å²) in [7, 11) is 0. The fourth-order valence-electron chi connectivity index (χ4n) is 5.39. The number of aliphatic hydroxyl groups is 1. The first-order valence-corrected chi connectivity index (χ1v) is 13.4. The smallest absolute Gasteiger partial charge is 0.150 e. The van der Waals surface area contributed by atoms with Crippen LogP contribution in [0, 0.1) is 5.92 Å². The average molecular weight is 516 g/mol. The van der Waals surface area contributed by atoms with Gasteiger partial charge in [-0.2, -0.15) is 0 Å². The highest BCUT2D eigenvalue weighted by Crippen LogP contribution is 2.47. The molecule has 2 heterocycles. The number of aliphatic hydroxyl groups excluding tert-OH is 1. The van der Waals surface area contributed by atoms with Gasteiger partial charge in [-0.25, -0.2) is 0 Å². The Morgan fingerprint density at radius 1 is 1.03 bits per heavy atom. The van der Waals surface area contributed by atoms with Crippen molar-refractivity contribution < 1.29 is 24.4 Å². The van der Waals surface area contributed by atoms with E-state index in [4.69, 9.17) is 14.2 Å². The van der Waals surface area contributed by atoms with E-state index < -0.39 is 0 Å². The van der Waals surface area contributed by atoms with Crippen LogP contribution in [0.1, 0.15) is 50.0 Å². The van der Waals surface area contributed by atoms with Crippen molar-refractivity contribution in [2.45, 2.75) is 39.3 Å². The number of phenolic OH excluding ortho intramolecular Hbond substituents is 1. The van der Waals surface area contributed by atoms with Crippen molar-refractivity contribution in [3.8, 4) is 23.0 Å². The Bertz CT molecular complexity index is 1290. The second-order valence-electron chi connectivity index (χ2n) is 10.4. The third kappa shape index (κ3) is 5.66. The molecule has 1 unspecified atom stereocenters. The average Bonchev–Trinajstić information content (AvgIpc) is 3.37. The van der Waals surface area contributed by atoms with Crippen LogP contribution in [0.15, 0.2) is 66.7 Å². The third-order valence-corrected chi connectivity index (χ3v) is 7.54. The zero-order chi connectivity index (χ0) is 26.6. The van der Waals surface area contributed by atoms with E-state index in [1.807, 2.05) is 42.5 Å². The first-order chi connectivity index (χ1) is 18.4. The quantitative estimate of drug-likeness (QED) is 0.368. The van der Waals surface area contributed by atoms with Gasteiger partial charge in [0.1, 0.15) is 42.3 Å². The summed E-state index contributed by atoms with van der Waals surface area (Å²) in [6, 6.07) is 21.6. The lowest BCUT2D eigenvalue weighted by Gasteiger charge is -2.31. The van der Waals surface area contributed by atoms with Crippen LogP contribution in [0.4, 0.5) is 0 Å². The lowest BCUT2D eigenvalue weighted by molar-refractivity contribution is 0.169. The van der Waals surface area contributed by atoms with Crippen molar-refractivity contribution in [3.63, 3.8) is 0 Å². The Morgan fingerprint density at radius 3 is 2.58 bits per heavy atom. The van der Waals surface area contributed by atoms with Gasteiger partial charge in [0.15, 0.2) is 0 Å². The Labute approximate surface area is 225 Å². The minimum Gasteiger partial charge on any atom is -0.508 e. The molecule has 3 atom stereocenters. The van der Waals surface area contributed by atoms with Crippen molar-refractivity contribution in [2.75, 3.05) is 32.9 Å². The minimum absolute atomic E-state index is 0.0469. The predicted molar refractivity (Wildman–Crippen MR) is 150 cm³/mol. The summed E-state index contributed by atoms with van der Waals surface area (Å²) >= 11 is 0. The second-order valence-corrected chi connectivity index (χ2v) is 10.4. The van der Waals surface area contributed by atoms with E-state index in [9.17, 15) is 10.2 Å². The Morgan fingerprint density at radius 2 is 1.84 bits per heavy atom. The number of ether oxygens (including phenoxy) is 3. The Kier molecular flexibility index (Phi) is 7.91. The van der Waals surface area contributed by atoms with E-state index in [0.717, 1.165) is 58.3 Å². The lowest BCUT2D eigenvalue weighted by Crippen LogP contribution is -2.35. The van der Waals surface area contributed by atoms with E-state index in [1.165, 1.54) is 6.42 Å². The summed E-state index contributed by atoms with van der Waals surface area (Å²) in [5.41, 5.74) is 4.87. The molecule has 1 saturated heterocycles. The minimum atomic E-state index is -0.348. The van der Waals surface area contributed by atoms with Gasteiger partial charge in [-0.05, 0) is 91.9 Å². The molecule has 3 aromatic carbocycles. The SMILES string of the molecule is CC1=C(c2cccc(OCCO)c2)C(c2ccc(OC[C@H](C)N3CC[C@@H](C)C3)cc2)Oc2ccc(O)cc21. The van der Waals surface area contributed by atoms with Gasteiger partial charge < -0.3 is 24.4 Å². The summed E-state index contributed by atoms with van der Waals surface area (Å²) in [4.78, 5) is 2.50. The largest absolute Gasteiger partial charge is 0.508 e. The van der Waals surface area contributed by atoms with Crippen LogP contribution >= 0.6 is 0 Å². The van der Waals surface area contributed by atoms with Crippen LogP contribution in [0.25, 0.3) is 11.1 Å². The molecular weight excluding hydrogens is 478 g/mol. The summed E-state index contributed by atoms with van der Waals surface area (Å²) in [5, 5.41) is 19.3. The molecule has 6 heteroatoms. The molecule has 2 N–H and O–H groups in total. The van der Waals surface area contributed by atoms with Gasteiger partial charge in [-0.3, -0.25) is 4.90 Å². The number of hydrogen-bond acceptors (Lipinski definition) is 6. The van der Waals surface area contributed by atoms with Gasteiger partial charge in [0.25, 0.3) is 0 Å². The third-order valence-electron chi connectivity index (χ3n) is 7.54. The number of aromatic hydroxyl groups is 1. The molecule has 0 amide bonds. The van der Waals surface area contributed by atoms with Gasteiger partial charge in [0.05, 0.1) is 6.61 Å². The molecule has 3 aromatic rings. The molecule has 5 rings (SSSR count). The lowest BCUT2D eigenvalue weighted by atomic mass is 9.86. The molecule has 0 saturated carbocycles. The first kappa shape index (κ1) is 26.1. The molecule has 200 valence electrons. The fraction of sp³-hybridized carbons (Fsp3) is 0.375. The predicted octanol–water partition coefficient (Wildman–Crippen LogP) is 5.94. The summed E-state index contributed by atoms with van der Waals surface area (Å²) in [5.74, 6) is 3.21. The number of allylic oxidation sites excluding steroid dienone is 1. The van der Waals surface area contributed by atoms with Crippen LogP contribution in [-0.2, 0) is 0 Å². The summed E-state index contributed by atoms with van der Waals surface area (Å²) < 4.78 is 18.4. The molecule has 0 aliphatic carbocycles. The topological polar surface area (TPSA) is 71.4 Å². The van der Waals surface area contributed by atoms with Crippen molar-refractivity contribution in [2.24, 2.45) is 5.92 Å². The van der Waals surface area contributed by atoms with Crippen molar-refractivity contribution >= 4 is 11.1 Å². The highest BCUT2D eigenvalue weighted by Gasteiger charge is 2.30. The van der Waals surface area contributed by atoms with Gasteiger partial charge in [0.2, 0.25) is 0 Å². The summed E-state index contributed by atoms with van der Waals surface area (Å²) in [6.07, 6.45) is 0.911. The normalized spacial score (nSPS) is 20.1. The zero-order valence-corrected chi connectivity index (χ0v) is 22.4. The number of hydrogen-bond donors (Lipinski definition) is 2. The number of benzene rings is 3. The van der Waals surface area contributed by atoms with E-state index in [2.05, 4.69) is 37.8 Å². The van der Waals surface area contributed by atoms with Gasteiger partial charge >= 0.3 is 0 Å². The number of phenols is 1. The molecule has 38 heavy (non-hydrogen) atoms. The number of fused-ring (bicyclic) bond motifs is 1. The van der Waals surface area contributed by atoms with E-state index in [0.29, 0.717) is 18.4 Å². The molecule has 0 aromatic heterocycles. The van der Waals surface area contributed by atoms with Gasteiger partial charge in [0, 0.05) is 23.7 Å². The van der Waals surface area contributed by atoms with E-state index >= 15 is 0 Å². The highest BCUT2D eigenvalue weighted by molar-refractivity contribution is 5.95. The molecule has 1 fully saturated rings. The molecule has 2 aliphatic rings. The number of rotatable bonds is 9. The molecule has 0 spiro atoms. The molecule has 2 aliphatic heterocycles.